The van der Waals surface area contributed by atoms with Crippen molar-refractivity contribution in [1.82, 2.24) is 15.3 Å². The summed E-state index contributed by atoms with van der Waals surface area (Å²) >= 11 is 0. The Morgan fingerprint density at radius 2 is 1.42 bits per heavy atom. The molecule has 2 aromatic carbocycles. The zero-order chi connectivity index (χ0) is 18.4. The van der Waals surface area contributed by atoms with E-state index in [9.17, 15) is 4.79 Å². The summed E-state index contributed by atoms with van der Waals surface area (Å²) in [4.78, 5) is 20.6. The Balaban J connectivity index is 1.58. The van der Waals surface area contributed by atoms with E-state index in [-0.39, 0.29) is 5.91 Å². The first-order valence-corrected chi connectivity index (χ1v) is 8.55. The Hall–Kier alpha value is -3.21. The zero-order valence-electron chi connectivity index (χ0n) is 15.0. The predicted molar refractivity (Wildman–Crippen MR) is 103 cm³/mol. The van der Waals surface area contributed by atoms with Gasteiger partial charge < -0.3 is 10.6 Å². The first-order chi connectivity index (χ1) is 12.6. The Labute approximate surface area is 153 Å². The van der Waals surface area contributed by atoms with E-state index < -0.39 is 0 Å². The van der Waals surface area contributed by atoms with E-state index in [1.165, 1.54) is 17.5 Å². The number of nitrogens with zero attached hydrogens (tertiary/aromatic N) is 2. The molecule has 0 spiro atoms. The number of benzene rings is 2. The number of hydrogen-bond acceptors (Lipinski definition) is 4. The Morgan fingerprint density at radius 3 is 2.04 bits per heavy atom. The molecule has 0 bridgehead atoms. The third kappa shape index (κ3) is 4.89. The van der Waals surface area contributed by atoms with Crippen LogP contribution in [0, 0.1) is 13.8 Å². The normalized spacial score (nSPS) is 10.4. The summed E-state index contributed by atoms with van der Waals surface area (Å²) in [5.74, 6) is 0.410. The van der Waals surface area contributed by atoms with E-state index >= 15 is 0 Å². The lowest BCUT2D eigenvalue weighted by Gasteiger charge is -2.08. The summed E-state index contributed by atoms with van der Waals surface area (Å²) in [7, 11) is 0. The van der Waals surface area contributed by atoms with Crippen molar-refractivity contribution in [3.05, 3.63) is 88.9 Å². The van der Waals surface area contributed by atoms with Gasteiger partial charge in [0, 0.05) is 19.2 Å². The maximum atomic E-state index is 12.3. The first kappa shape index (κ1) is 17.6. The second kappa shape index (κ2) is 8.25. The molecule has 0 aliphatic rings. The molecule has 0 aliphatic heterocycles. The third-order valence-corrected chi connectivity index (χ3v) is 4.07. The number of anilines is 1. The van der Waals surface area contributed by atoms with Crippen LogP contribution in [0.1, 0.15) is 32.7 Å². The van der Waals surface area contributed by atoms with Crippen LogP contribution in [0.2, 0.25) is 0 Å². The van der Waals surface area contributed by atoms with Crippen LogP contribution in [0.5, 0.6) is 0 Å². The number of carbonyl (C=O) groups excluding carboxylic acids is 1. The minimum absolute atomic E-state index is 0.216. The van der Waals surface area contributed by atoms with Crippen LogP contribution in [0.4, 0.5) is 5.82 Å². The van der Waals surface area contributed by atoms with Gasteiger partial charge in [-0.25, -0.2) is 9.97 Å². The van der Waals surface area contributed by atoms with Crippen molar-refractivity contribution >= 4 is 11.7 Å². The maximum Gasteiger partial charge on any atom is 0.270 e. The highest BCUT2D eigenvalue weighted by Crippen LogP contribution is 2.09. The molecule has 2 N–H and O–H groups in total. The van der Waals surface area contributed by atoms with Gasteiger partial charge in [-0.1, -0.05) is 59.7 Å². The van der Waals surface area contributed by atoms with E-state index in [4.69, 9.17) is 0 Å². The number of amides is 1. The molecule has 0 unspecified atom stereocenters. The van der Waals surface area contributed by atoms with Crippen molar-refractivity contribution in [1.29, 1.82) is 0 Å². The predicted octanol–water partition coefficient (Wildman–Crippen LogP) is 3.64. The highest BCUT2D eigenvalue weighted by Gasteiger charge is 2.08. The third-order valence-electron chi connectivity index (χ3n) is 4.07. The van der Waals surface area contributed by atoms with Gasteiger partial charge in [-0.05, 0) is 25.0 Å². The van der Waals surface area contributed by atoms with E-state index in [1.54, 1.807) is 6.07 Å². The van der Waals surface area contributed by atoms with Crippen molar-refractivity contribution in [2.45, 2.75) is 26.9 Å². The molecule has 0 radical (unpaired) electrons. The van der Waals surface area contributed by atoms with Crippen molar-refractivity contribution in [2.24, 2.45) is 0 Å². The van der Waals surface area contributed by atoms with Crippen LogP contribution in [0.3, 0.4) is 0 Å². The van der Waals surface area contributed by atoms with Gasteiger partial charge in [0.15, 0.2) is 0 Å². The van der Waals surface area contributed by atoms with Crippen molar-refractivity contribution in [2.75, 3.05) is 5.32 Å². The van der Waals surface area contributed by atoms with E-state index in [2.05, 4.69) is 51.8 Å². The lowest BCUT2D eigenvalue weighted by atomic mass is 10.1. The molecule has 3 rings (SSSR count). The number of rotatable bonds is 6. The van der Waals surface area contributed by atoms with Gasteiger partial charge in [0.1, 0.15) is 17.8 Å². The van der Waals surface area contributed by atoms with Crippen molar-refractivity contribution in [3.63, 3.8) is 0 Å². The summed E-state index contributed by atoms with van der Waals surface area (Å²) in [6.07, 6.45) is 1.40. The number of aryl methyl sites for hydroxylation is 2. The average molecular weight is 346 g/mol. The van der Waals surface area contributed by atoms with Crippen LogP contribution in [-0.2, 0) is 13.1 Å². The summed E-state index contributed by atoms with van der Waals surface area (Å²) < 4.78 is 0. The summed E-state index contributed by atoms with van der Waals surface area (Å²) in [5.41, 5.74) is 4.97. The lowest BCUT2D eigenvalue weighted by Crippen LogP contribution is -2.24. The SMILES string of the molecule is Cc1ccc(CNC(=O)c2cc(NCc3ccc(C)cc3)ncn2)cc1. The van der Waals surface area contributed by atoms with Crippen LogP contribution in [0.15, 0.2) is 60.9 Å². The highest BCUT2D eigenvalue weighted by atomic mass is 16.1. The fraction of sp³-hybridized carbons (Fsp3) is 0.190. The molecule has 0 atom stereocenters. The number of hydrogen-bond donors (Lipinski definition) is 2. The molecule has 0 saturated heterocycles. The molecule has 0 saturated carbocycles. The Kier molecular flexibility index (Phi) is 5.59. The Bertz CT molecular complexity index is 873. The van der Waals surface area contributed by atoms with Gasteiger partial charge in [0.25, 0.3) is 5.91 Å². The van der Waals surface area contributed by atoms with E-state index in [1.807, 2.05) is 31.2 Å². The lowest BCUT2D eigenvalue weighted by molar-refractivity contribution is 0.0946. The van der Waals surface area contributed by atoms with E-state index in [0.717, 1.165) is 11.1 Å². The van der Waals surface area contributed by atoms with Crippen molar-refractivity contribution in [3.8, 4) is 0 Å². The molecule has 0 aliphatic carbocycles. The number of nitrogens with one attached hydrogen (secondary N) is 2. The summed E-state index contributed by atoms with van der Waals surface area (Å²) in [6, 6.07) is 18.0. The quantitative estimate of drug-likeness (QED) is 0.715. The zero-order valence-corrected chi connectivity index (χ0v) is 15.0. The number of aromatic nitrogens is 2. The summed E-state index contributed by atoms with van der Waals surface area (Å²) in [6.45, 7) is 5.20. The second-order valence-corrected chi connectivity index (χ2v) is 6.30. The molecule has 5 heteroatoms. The monoisotopic (exact) mass is 346 g/mol. The van der Waals surface area contributed by atoms with E-state index in [0.29, 0.717) is 24.6 Å². The smallest absolute Gasteiger partial charge is 0.270 e. The molecule has 5 nitrogen and oxygen atoms in total. The molecule has 1 aromatic heterocycles. The summed E-state index contributed by atoms with van der Waals surface area (Å²) in [5, 5.41) is 6.11. The molecule has 26 heavy (non-hydrogen) atoms. The number of carbonyl (C=O) groups is 1. The molecule has 132 valence electrons. The Morgan fingerprint density at radius 1 is 0.846 bits per heavy atom. The largest absolute Gasteiger partial charge is 0.366 e. The van der Waals surface area contributed by atoms with Gasteiger partial charge >= 0.3 is 0 Å². The van der Waals surface area contributed by atoms with Crippen LogP contribution >= 0.6 is 0 Å². The van der Waals surface area contributed by atoms with Gasteiger partial charge in [-0.2, -0.15) is 0 Å². The molecular formula is C21H22N4O. The molecule has 1 amide bonds. The van der Waals surface area contributed by atoms with Crippen LogP contribution < -0.4 is 10.6 Å². The molecule has 1 heterocycles. The first-order valence-electron chi connectivity index (χ1n) is 8.55. The molecule has 0 fully saturated rings. The van der Waals surface area contributed by atoms with Gasteiger partial charge in [-0.3, -0.25) is 4.79 Å². The fourth-order valence-electron chi connectivity index (χ4n) is 2.46. The minimum atomic E-state index is -0.216. The average Bonchev–Trinajstić information content (AvgIpc) is 2.67. The molecule has 3 aromatic rings. The highest BCUT2D eigenvalue weighted by molar-refractivity contribution is 5.92. The fourth-order valence-corrected chi connectivity index (χ4v) is 2.46. The van der Waals surface area contributed by atoms with Gasteiger partial charge in [-0.15, -0.1) is 0 Å². The maximum absolute atomic E-state index is 12.3. The van der Waals surface area contributed by atoms with Gasteiger partial charge in [0.05, 0.1) is 0 Å². The second-order valence-electron chi connectivity index (χ2n) is 6.30. The van der Waals surface area contributed by atoms with Crippen molar-refractivity contribution < 1.29 is 4.79 Å². The topological polar surface area (TPSA) is 66.9 Å². The van der Waals surface area contributed by atoms with Crippen LogP contribution in [0.25, 0.3) is 0 Å². The molecular weight excluding hydrogens is 324 g/mol. The van der Waals surface area contributed by atoms with Crippen LogP contribution in [-0.4, -0.2) is 15.9 Å². The van der Waals surface area contributed by atoms with Gasteiger partial charge in [0.2, 0.25) is 0 Å². The minimum Gasteiger partial charge on any atom is -0.366 e. The standard InChI is InChI=1S/C21H22N4O/c1-15-3-7-17(8-4-15)12-22-20-11-19(24-14-25-20)21(26)23-13-18-9-5-16(2)6-10-18/h3-11,14H,12-13H2,1-2H3,(H,23,26)(H,22,24,25).